The van der Waals surface area contributed by atoms with Crippen molar-refractivity contribution < 1.29 is 19.1 Å². The number of carbonyl (C=O) groups excluding carboxylic acids is 1. The summed E-state index contributed by atoms with van der Waals surface area (Å²) in [6, 6.07) is 6.49. The van der Waals surface area contributed by atoms with Gasteiger partial charge in [-0.2, -0.15) is 0 Å². The monoisotopic (exact) mass is 489 g/mol. The van der Waals surface area contributed by atoms with Crippen LogP contribution >= 0.6 is 34.2 Å². The number of rotatable bonds is 6. The molecule has 26 heavy (non-hydrogen) atoms. The molecular formula is C17H14ClFIN3O3. The standard InChI is InChI=1S/C17H14ClFIN3O3/c18-13-7-21-8-16-12(13)6-15(17(25)22-26-4-3-24)23(16)9-10-1-2-11(20)5-14(10)19/h1-2,5-8,24H,3-4,9H2,(H,22,25). The molecule has 0 spiro atoms. The number of carbonyl (C=O) groups is 1. The maximum Gasteiger partial charge on any atom is 0.291 e. The maximum atomic E-state index is 14.3. The highest BCUT2D eigenvalue weighted by atomic mass is 127. The number of aliphatic hydroxyl groups is 1. The predicted octanol–water partition coefficient (Wildman–Crippen LogP) is 3.14. The largest absolute Gasteiger partial charge is 0.394 e. The number of halogens is 3. The first-order valence-electron chi connectivity index (χ1n) is 7.61. The smallest absolute Gasteiger partial charge is 0.291 e. The molecule has 0 atom stereocenters. The van der Waals surface area contributed by atoms with Gasteiger partial charge >= 0.3 is 0 Å². The van der Waals surface area contributed by atoms with Gasteiger partial charge in [0.2, 0.25) is 0 Å². The molecule has 2 N–H and O–H groups in total. The maximum absolute atomic E-state index is 14.3. The molecule has 0 saturated carbocycles. The van der Waals surface area contributed by atoms with E-state index in [1.54, 1.807) is 29.0 Å². The highest BCUT2D eigenvalue weighted by molar-refractivity contribution is 14.1. The van der Waals surface area contributed by atoms with E-state index >= 15 is 0 Å². The van der Waals surface area contributed by atoms with Crippen LogP contribution in [0.3, 0.4) is 0 Å². The van der Waals surface area contributed by atoms with Crippen LogP contribution in [-0.2, 0) is 11.4 Å². The van der Waals surface area contributed by atoms with Gasteiger partial charge in [0.15, 0.2) is 0 Å². The number of amides is 1. The normalized spacial score (nSPS) is 11.1. The third kappa shape index (κ3) is 3.98. The van der Waals surface area contributed by atoms with Crippen LogP contribution in [0.15, 0.2) is 36.7 Å². The van der Waals surface area contributed by atoms with E-state index in [-0.39, 0.29) is 31.3 Å². The zero-order valence-corrected chi connectivity index (χ0v) is 16.3. The number of aromatic nitrogens is 2. The SMILES string of the molecule is O=C(NOCCO)c1cc2c(Cl)cncc2n1Cc1ccc(I)cc1F. The first-order valence-corrected chi connectivity index (χ1v) is 9.06. The molecule has 6 nitrogen and oxygen atoms in total. The van der Waals surface area contributed by atoms with Crippen LogP contribution in [0.1, 0.15) is 16.1 Å². The Morgan fingerprint density at radius 3 is 2.92 bits per heavy atom. The fourth-order valence-electron chi connectivity index (χ4n) is 2.53. The summed E-state index contributed by atoms with van der Waals surface area (Å²) in [6.07, 6.45) is 3.04. The van der Waals surface area contributed by atoms with Gasteiger partial charge in [-0.05, 0) is 40.8 Å². The van der Waals surface area contributed by atoms with Crippen molar-refractivity contribution in [1.82, 2.24) is 15.0 Å². The van der Waals surface area contributed by atoms with Crippen molar-refractivity contribution in [2.45, 2.75) is 6.54 Å². The molecule has 0 radical (unpaired) electrons. The van der Waals surface area contributed by atoms with Crippen LogP contribution < -0.4 is 5.48 Å². The lowest BCUT2D eigenvalue weighted by Gasteiger charge is -2.12. The Morgan fingerprint density at radius 1 is 1.38 bits per heavy atom. The summed E-state index contributed by atoms with van der Waals surface area (Å²) in [7, 11) is 0. The molecular weight excluding hydrogens is 476 g/mol. The fraction of sp³-hybridized carbons (Fsp3) is 0.176. The summed E-state index contributed by atoms with van der Waals surface area (Å²) in [5.74, 6) is -0.895. The van der Waals surface area contributed by atoms with Crippen molar-refractivity contribution in [3.63, 3.8) is 0 Å². The van der Waals surface area contributed by atoms with Gasteiger partial charge in [0, 0.05) is 20.7 Å². The van der Waals surface area contributed by atoms with Gasteiger partial charge in [0.1, 0.15) is 11.5 Å². The Kier molecular flexibility index (Phi) is 6.07. The zero-order chi connectivity index (χ0) is 18.7. The second-order valence-corrected chi connectivity index (χ2v) is 7.06. The minimum absolute atomic E-state index is 0.0416. The number of nitrogens with one attached hydrogen (secondary N) is 1. The molecule has 3 rings (SSSR count). The van der Waals surface area contributed by atoms with Gasteiger partial charge in [0.05, 0.1) is 36.5 Å². The molecule has 0 aliphatic carbocycles. The number of nitrogens with zero attached hydrogens (tertiary/aromatic N) is 2. The van der Waals surface area contributed by atoms with Crippen molar-refractivity contribution in [2.24, 2.45) is 0 Å². The van der Waals surface area contributed by atoms with Crippen molar-refractivity contribution in [2.75, 3.05) is 13.2 Å². The summed E-state index contributed by atoms with van der Waals surface area (Å²) >= 11 is 8.21. The van der Waals surface area contributed by atoms with Crippen LogP contribution in [-0.4, -0.2) is 33.8 Å². The zero-order valence-electron chi connectivity index (χ0n) is 13.4. The highest BCUT2D eigenvalue weighted by Crippen LogP contribution is 2.27. The van der Waals surface area contributed by atoms with Gasteiger partial charge in [0.25, 0.3) is 5.91 Å². The Morgan fingerprint density at radius 2 is 2.19 bits per heavy atom. The molecule has 1 amide bonds. The molecule has 0 fully saturated rings. The van der Waals surface area contributed by atoms with E-state index in [1.165, 1.54) is 12.3 Å². The van der Waals surface area contributed by atoms with Gasteiger partial charge in [-0.15, -0.1) is 0 Å². The van der Waals surface area contributed by atoms with Crippen LogP contribution in [0, 0.1) is 9.39 Å². The number of hydrogen-bond donors (Lipinski definition) is 2. The predicted molar refractivity (Wildman–Crippen MR) is 103 cm³/mol. The Bertz CT molecular complexity index is 964. The quantitative estimate of drug-likeness (QED) is 0.317. The van der Waals surface area contributed by atoms with Crippen molar-refractivity contribution in [3.8, 4) is 0 Å². The molecule has 3 aromatic rings. The average molecular weight is 490 g/mol. The topological polar surface area (TPSA) is 76.4 Å². The highest BCUT2D eigenvalue weighted by Gasteiger charge is 2.19. The van der Waals surface area contributed by atoms with E-state index in [0.717, 1.165) is 3.57 Å². The van der Waals surface area contributed by atoms with Crippen LogP contribution in [0.25, 0.3) is 10.9 Å². The van der Waals surface area contributed by atoms with Gasteiger partial charge in [-0.1, -0.05) is 17.7 Å². The third-order valence-electron chi connectivity index (χ3n) is 3.72. The molecule has 0 aliphatic rings. The summed E-state index contributed by atoms with van der Waals surface area (Å²) in [5, 5.41) is 9.76. The first kappa shape index (κ1) is 19.0. The van der Waals surface area contributed by atoms with Gasteiger partial charge in [-0.25, -0.2) is 9.87 Å². The molecule has 2 heterocycles. The molecule has 0 saturated heterocycles. The van der Waals surface area contributed by atoms with Crippen molar-refractivity contribution in [1.29, 1.82) is 0 Å². The second kappa shape index (κ2) is 8.30. The van der Waals surface area contributed by atoms with Crippen LogP contribution in [0.2, 0.25) is 5.02 Å². The number of pyridine rings is 1. The third-order valence-corrected chi connectivity index (χ3v) is 4.69. The summed E-state index contributed by atoms with van der Waals surface area (Å²) in [4.78, 5) is 21.4. The Hall–Kier alpha value is -1.75. The molecule has 0 bridgehead atoms. The van der Waals surface area contributed by atoms with E-state index in [4.69, 9.17) is 21.5 Å². The van der Waals surface area contributed by atoms with Crippen LogP contribution in [0.5, 0.6) is 0 Å². The van der Waals surface area contributed by atoms with E-state index < -0.39 is 5.91 Å². The summed E-state index contributed by atoms with van der Waals surface area (Å²) in [5.41, 5.74) is 3.52. The van der Waals surface area contributed by atoms with Crippen molar-refractivity contribution >= 4 is 51.0 Å². The molecule has 9 heteroatoms. The van der Waals surface area contributed by atoms with E-state index in [2.05, 4.69) is 10.5 Å². The number of aliphatic hydroxyl groups excluding tert-OH is 1. The number of hydroxylamine groups is 1. The second-order valence-electron chi connectivity index (χ2n) is 5.41. The number of hydrogen-bond acceptors (Lipinski definition) is 4. The molecule has 0 unspecified atom stereocenters. The Labute approximate surface area is 167 Å². The summed E-state index contributed by atoms with van der Waals surface area (Å²) < 4.78 is 16.7. The molecule has 136 valence electrons. The van der Waals surface area contributed by atoms with E-state index in [0.29, 0.717) is 21.5 Å². The van der Waals surface area contributed by atoms with Crippen LogP contribution in [0.4, 0.5) is 4.39 Å². The molecule has 0 aliphatic heterocycles. The lowest BCUT2D eigenvalue weighted by molar-refractivity contribution is 0.0162. The lowest BCUT2D eigenvalue weighted by Crippen LogP contribution is -2.27. The van der Waals surface area contributed by atoms with E-state index in [1.807, 2.05) is 22.6 Å². The lowest BCUT2D eigenvalue weighted by atomic mass is 10.2. The number of fused-ring (bicyclic) bond motifs is 1. The fourth-order valence-corrected chi connectivity index (χ4v) is 3.19. The minimum Gasteiger partial charge on any atom is -0.394 e. The van der Waals surface area contributed by atoms with Crippen molar-refractivity contribution in [3.05, 3.63) is 62.3 Å². The molecule has 1 aromatic carbocycles. The van der Waals surface area contributed by atoms with Gasteiger partial charge in [-0.3, -0.25) is 14.6 Å². The minimum atomic E-state index is -0.531. The molecule has 2 aromatic heterocycles. The van der Waals surface area contributed by atoms with E-state index in [9.17, 15) is 9.18 Å². The average Bonchev–Trinajstić information content (AvgIpc) is 2.98. The first-order chi connectivity index (χ1) is 12.5. The summed E-state index contributed by atoms with van der Waals surface area (Å²) in [6.45, 7) is -0.149. The Balaban J connectivity index is 2.04. The number of benzene rings is 1. The van der Waals surface area contributed by atoms with Gasteiger partial charge < -0.3 is 9.67 Å².